The van der Waals surface area contributed by atoms with Gasteiger partial charge in [-0.1, -0.05) is 18.2 Å². The average molecular weight is 205 g/mol. The first-order valence-corrected chi connectivity index (χ1v) is 4.51. The Kier molecular flexibility index (Phi) is 2.33. The van der Waals surface area contributed by atoms with Crippen molar-refractivity contribution in [2.45, 2.75) is 0 Å². The largest absolute Gasteiger partial charge is 0.480 e. The van der Waals surface area contributed by atoms with Gasteiger partial charge in [-0.2, -0.15) is 0 Å². The van der Waals surface area contributed by atoms with E-state index in [0.717, 1.165) is 10.1 Å². The molecule has 0 atom stereocenters. The Hall–Kier alpha value is -1.97. The fourth-order valence-corrected chi connectivity index (χ4v) is 1.53. The number of methoxy groups -OCH3 is 1. The van der Waals surface area contributed by atoms with E-state index >= 15 is 0 Å². The zero-order valence-corrected chi connectivity index (χ0v) is 8.56. The first kappa shape index (κ1) is 9.58. The van der Waals surface area contributed by atoms with Gasteiger partial charge in [0.15, 0.2) is 0 Å². The van der Waals surface area contributed by atoms with Crippen molar-refractivity contribution in [1.82, 2.24) is 4.73 Å². The fourth-order valence-electron chi connectivity index (χ4n) is 1.53. The van der Waals surface area contributed by atoms with Crippen molar-refractivity contribution in [2.75, 3.05) is 14.2 Å². The topological polar surface area (TPSA) is 40.5 Å². The SMILES string of the molecule is COc1cc2ccccc2c(=O)n1OC. The van der Waals surface area contributed by atoms with Crippen LogP contribution in [0, 0.1) is 0 Å². The van der Waals surface area contributed by atoms with E-state index in [2.05, 4.69) is 0 Å². The van der Waals surface area contributed by atoms with Crippen molar-refractivity contribution in [3.63, 3.8) is 0 Å². The quantitative estimate of drug-likeness (QED) is 0.736. The van der Waals surface area contributed by atoms with Gasteiger partial charge in [0.25, 0.3) is 5.56 Å². The molecule has 1 aromatic carbocycles. The molecule has 4 heteroatoms. The minimum atomic E-state index is -0.215. The maximum atomic E-state index is 11.9. The van der Waals surface area contributed by atoms with Crippen LogP contribution in [0.2, 0.25) is 0 Å². The Bertz CT molecular complexity index is 545. The number of nitrogens with zero attached hydrogens (tertiary/aromatic N) is 1. The van der Waals surface area contributed by atoms with Gasteiger partial charge in [0.2, 0.25) is 5.88 Å². The summed E-state index contributed by atoms with van der Waals surface area (Å²) >= 11 is 0. The van der Waals surface area contributed by atoms with E-state index in [1.165, 1.54) is 14.2 Å². The lowest BCUT2D eigenvalue weighted by Crippen LogP contribution is -2.25. The molecule has 4 nitrogen and oxygen atoms in total. The summed E-state index contributed by atoms with van der Waals surface area (Å²) < 4.78 is 6.19. The third kappa shape index (κ3) is 1.44. The van der Waals surface area contributed by atoms with Gasteiger partial charge in [-0.15, -0.1) is 4.73 Å². The van der Waals surface area contributed by atoms with Crippen LogP contribution in [0.25, 0.3) is 10.8 Å². The number of hydrogen-bond donors (Lipinski definition) is 0. The molecule has 0 saturated heterocycles. The molecule has 1 heterocycles. The lowest BCUT2D eigenvalue weighted by molar-refractivity contribution is 0.130. The summed E-state index contributed by atoms with van der Waals surface area (Å²) in [6.07, 6.45) is 0. The summed E-state index contributed by atoms with van der Waals surface area (Å²) in [7, 11) is 2.93. The number of hydrogen-bond acceptors (Lipinski definition) is 3. The van der Waals surface area contributed by atoms with Gasteiger partial charge >= 0.3 is 0 Å². The lowest BCUT2D eigenvalue weighted by atomic mass is 10.2. The number of pyridine rings is 1. The van der Waals surface area contributed by atoms with Gasteiger partial charge in [-0.05, 0) is 11.5 Å². The highest BCUT2D eigenvalue weighted by Gasteiger charge is 2.08. The van der Waals surface area contributed by atoms with E-state index in [-0.39, 0.29) is 5.56 Å². The second kappa shape index (κ2) is 3.65. The number of ether oxygens (including phenoxy) is 1. The summed E-state index contributed by atoms with van der Waals surface area (Å²) in [6, 6.07) is 9.07. The van der Waals surface area contributed by atoms with Gasteiger partial charge in [0, 0.05) is 6.07 Å². The molecular formula is C11H11NO3. The molecule has 0 fully saturated rings. The molecule has 0 saturated carbocycles. The normalized spacial score (nSPS) is 10.3. The van der Waals surface area contributed by atoms with Crippen LogP contribution < -0.4 is 15.1 Å². The van der Waals surface area contributed by atoms with Crippen LogP contribution in [-0.2, 0) is 0 Å². The van der Waals surface area contributed by atoms with Crippen LogP contribution in [0.4, 0.5) is 0 Å². The Morgan fingerprint density at radius 3 is 2.60 bits per heavy atom. The molecule has 0 N–H and O–H groups in total. The zero-order chi connectivity index (χ0) is 10.8. The zero-order valence-electron chi connectivity index (χ0n) is 8.56. The van der Waals surface area contributed by atoms with E-state index in [1.807, 2.05) is 18.2 Å². The summed E-state index contributed by atoms with van der Waals surface area (Å²) in [5.41, 5.74) is -0.215. The second-order valence-electron chi connectivity index (χ2n) is 3.06. The molecule has 2 aromatic rings. The predicted molar refractivity (Wildman–Crippen MR) is 57.3 cm³/mol. The number of rotatable bonds is 2. The summed E-state index contributed by atoms with van der Waals surface area (Å²) in [6.45, 7) is 0. The second-order valence-corrected chi connectivity index (χ2v) is 3.06. The summed E-state index contributed by atoms with van der Waals surface area (Å²) in [5.74, 6) is 0.390. The van der Waals surface area contributed by atoms with Crippen LogP contribution in [0.3, 0.4) is 0 Å². The Labute approximate surface area is 86.6 Å². The minimum Gasteiger partial charge on any atom is -0.480 e. The van der Waals surface area contributed by atoms with Crippen molar-refractivity contribution in [3.05, 3.63) is 40.7 Å². The van der Waals surface area contributed by atoms with Crippen molar-refractivity contribution in [1.29, 1.82) is 0 Å². The van der Waals surface area contributed by atoms with Gasteiger partial charge in [-0.3, -0.25) is 4.79 Å². The number of benzene rings is 1. The molecule has 0 bridgehead atoms. The third-order valence-corrected chi connectivity index (χ3v) is 2.25. The highest BCUT2D eigenvalue weighted by Crippen LogP contribution is 2.15. The molecule has 1 aromatic heterocycles. The molecule has 2 rings (SSSR count). The van der Waals surface area contributed by atoms with Crippen molar-refractivity contribution in [2.24, 2.45) is 0 Å². The fraction of sp³-hybridized carbons (Fsp3) is 0.182. The first-order chi connectivity index (χ1) is 7.27. The van der Waals surface area contributed by atoms with Gasteiger partial charge in [-0.25, -0.2) is 0 Å². The standard InChI is InChI=1S/C11H11NO3/c1-14-10-7-8-5-3-4-6-9(8)11(13)12(10)15-2/h3-7H,1-2H3. The van der Waals surface area contributed by atoms with Crippen LogP contribution in [-0.4, -0.2) is 19.0 Å². The van der Waals surface area contributed by atoms with Crippen LogP contribution >= 0.6 is 0 Å². The maximum absolute atomic E-state index is 11.9. The van der Waals surface area contributed by atoms with E-state index < -0.39 is 0 Å². The molecule has 0 aliphatic carbocycles. The molecule has 78 valence electrons. The van der Waals surface area contributed by atoms with Gasteiger partial charge in [0.05, 0.1) is 12.5 Å². The monoisotopic (exact) mass is 205 g/mol. The van der Waals surface area contributed by atoms with Gasteiger partial charge < -0.3 is 9.57 Å². The molecule has 0 unspecified atom stereocenters. The Balaban J connectivity index is 2.88. The lowest BCUT2D eigenvalue weighted by Gasteiger charge is -2.10. The van der Waals surface area contributed by atoms with E-state index in [9.17, 15) is 4.79 Å². The number of aromatic nitrogens is 1. The van der Waals surface area contributed by atoms with Crippen molar-refractivity contribution >= 4 is 10.8 Å². The molecule has 0 spiro atoms. The summed E-state index contributed by atoms with van der Waals surface area (Å²) in [5, 5.41) is 1.45. The smallest absolute Gasteiger partial charge is 0.294 e. The molecular weight excluding hydrogens is 194 g/mol. The first-order valence-electron chi connectivity index (χ1n) is 4.51. The highest BCUT2D eigenvalue weighted by atomic mass is 16.7. The Morgan fingerprint density at radius 2 is 1.93 bits per heavy atom. The van der Waals surface area contributed by atoms with E-state index in [1.54, 1.807) is 12.1 Å². The van der Waals surface area contributed by atoms with E-state index in [0.29, 0.717) is 11.3 Å². The van der Waals surface area contributed by atoms with Crippen LogP contribution in [0.5, 0.6) is 5.88 Å². The van der Waals surface area contributed by atoms with Crippen molar-refractivity contribution < 1.29 is 9.57 Å². The minimum absolute atomic E-state index is 0.215. The molecule has 15 heavy (non-hydrogen) atoms. The predicted octanol–water partition coefficient (Wildman–Crippen LogP) is 1.07. The Morgan fingerprint density at radius 1 is 1.20 bits per heavy atom. The summed E-state index contributed by atoms with van der Waals surface area (Å²) in [4.78, 5) is 16.9. The van der Waals surface area contributed by atoms with Crippen LogP contribution in [0.1, 0.15) is 0 Å². The number of fused-ring (bicyclic) bond motifs is 1. The molecule has 0 aliphatic rings. The molecule has 0 amide bonds. The molecule has 0 aliphatic heterocycles. The van der Waals surface area contributed by atoms with Gasteiger partial charge in [0.1, 0.15) is 7.11 Å². The van der Waals surface area contributed by atoms with Crippen LogP contribution in [0.15, 0.2) is 35.1 Å². The maximum Gasteiger partial charge on any atom is 0.294 e. The third-order valence-electron chi connectivity index (χ3n) is 2.25. The van der Waals surface area contributed by atoms with Crippen molar-refractivity contribution in [3.8, 4) is 5.88 Å². The molecule has 0 radical (unpaired) electrons. The van der Waals surface area contributed by atoms with E-state index in [4.69, 9.17) is 9.57 Å². The average Bonchev–Trinajstić information content (AvgIpc) is 2.29. The highest BCUT2D eigenvalue weighted by molar-refractivity contribution is 5.82.